The fourth-order valence-corrected chi connectivity index (χ4v) is 7.52. The van der Waals surface area contributed by atoms with Gasteiger partial charge in [0.2, 0.25) is 17.7 Å². The molecule has 156 valence electrons. The topological polar surface area (TPSA) is 135 Å². The number of hydrogen-bond acceptors (Lipinski definition) is 6. The highest BCUT2D eigenvalue weighted by Gasteiger charge is 2.44. The van der Waals surface area contributed by atoms with Gasteiger partial charge < -0.3 is 16.4 Å². The summed E-state index contributed by atoms with van der Waals surface area (Å²) in [7, 11) is -3.45. The summed E-state index contributed by atoms with van der Waals surface area (Å²) in [5.74, 6) is -2.39. The number of nitrogens with one attached hydrogen (secondary N) is 2. The van der Waals surface area contributed by atoms with Crippen LogP contribution in [-0.2, 0) is 30.6 Å². The molecule has 2 rings (SSSR count). The molecule has 0 bridgehead atoms. The van der Waals surface area contributed by atoms with Crippen molar-refractivity contribution < 1.29 is 22.8 Å². The van der Waals surface area contributed by atoms with Crippen molar-refractivity contribution in [3.8, 4) is 0 Å². The third kappa shape index (κ3) is 5.33. The molecular formula is C16H21Br2N3O5S2. The number of carbonyl (C=O) groups is 3. The van der Waals surface area contributed by atoms with Gasteiger partial charge in [-0.25, -0.2) is 8.42 Å². The molecule has 12 heteroatoms. The first kappa shape index (κ1) is 23.3. The van der Waals surface area contributed by atoms with Gasteiger partial charge in [0.05, 0.1) is 37.6 Å². The maximum atomic E-state index is 12.5. The number of thiophene rings is 1. The molecule has 0 radical (unpaired) electrons. The molecule has 1 fully saturated rings. The summed E-state index contributed by atoms with van der Waals surface area (Å²) in [6, 6.07) is 0.194. The number of primary amides is 1. The lowest BCUT2D eigenvalue weighted by Crippen LogP contribution is -2.56. The third-order valence-corrected chi connectivity index (χ3v) is 9.04. The van der Waals surface area contributed by atoms with E-state index in [4.69, 9.17) is 5.73 Å². The zero-order valence-electron chi connectivity index (χ0n) is 15.3. The largest absolute Gasteiger partial charge is 0.369 e. The average Bonchev–Trinajstić information content (AvgIpc) is 3.03. The van der Waals surface area contributed by atoms with E-state index < -0.39 is 39.2 Å². The van der Waals surface area contributed by atoms with Gasteiger partial charge in [-0.2, -0.15) is 0 Å². The molecule has 0 aliphatic carbocycles. The van der Waals surface area contributed by atoms with Crippen LogP contribution in [0.25, 0.3) is 0 Å². The monoisotopic (exact) mass is 557 g/mol. The van der Waals surface area contributed by atoms with Gasteiger partial charge in [0, 0.05) is 0 Å². The molecule has 0 spiro atoms. The molecule has 0 saturated carbocycles. The summed E-state index contributed by atoms with van der Waals surface area (Å²) < 4.78 is 25.8. The molecule has 1 saturated heterocycles. The van der Waals surface area contributed by atoms with E-state index >= 15 is 0 Å². The van der Waals surface area contributed by atoms with Crippen LogP contribution in [0.3, 0.4) is 0 Å². The molecule has 1 aromatic heterocycles. The Balaban J connectivity index is 2.11. The SMILES string of the molecule is CCC(C)(C(N)=O)C(=O)NC1CS(=O)(=O)CC1NC(=O)Cc1cc(Br)sc1Br. The van der Waals surface area contributed by atoms with Gasteiger partial charge >= 0.3 is 0 Å². The molecular weight excluding hydrogens is 538 g/mol. The molecule has 28 heavy (non-hydrogen) atoms. The van der Waals surface area contributed by atoms with Crippen molar-refractivity contribution in [3.63, 3.8) is 0 Å². The molecule has 0 aromatic carbocycles. The quantitative estimate of drug-likeness (QED) is 0.431. The van der Waals surface area contributed by atoms with Gasteiger partial charge in [0.25, 0.3) is 0 Å². The normalized spacial score (nSPS) is 23.0. The highest BCUT2D eigenvalue weighted by molar-refractivity contribution is 9.12. The van der Waals surface area contributed by atoms with Crippen molar-refractivity contribution >= 4 is 70.8 Å². The zero-order valence-corrected chi connectivity index (χ0v) is 20.1. The summed E-state index contributed by atoms with van der Waals surface area (Å²) in [6.07, 6.45) is 0.236. The van der Waals surface area contributed by atoms with Crippen LogP contribution in [0.2, 0.25) is 0 Å². The van der Waals surface area contributed by atoms with Crippen molar-refractivity contribution in [3.05, 3.63) is 19.2 Å². The van der Waals surface area contributed by atoms with E-state index in [1.807, 2.05) is 0 Å². The van der Waals surface area contributed by atoms with Crippen molar-refractivity contribution in [1.29, 1.82) is 0 Å². The standard InChI is InChI=1S/C16H21Br2N3O5S2/c1-3-16(2,14(19)23)15(24)21-10-7-28(25,26)6-9(10)20-12(22)5-8-4-11(17)27-13(8)18/h4,9-10H,3,5-7H2,1-2H3,(H2,19,23)(H,20,22)(H,21,24). The van der Waals surface area contributed by atoms with Gasteiger partial charge in [-0.15, -0.1) is 11.3 Å². The number of hydrogen-bond donors (Lipinski definition) is 3. The van der Waals surface area contributed by atoms with Crippen LogP contribution in [-0.4, -0.2) is 49.7 Å². The molecule has 2 heterocycles. The number of sulfone groups is 1. The minimum atomic E-state index is -3.45. The predicted molar refractivity (Wildman–Crippen MR) is 114 cm³/mol. The minimum Gasteiger partial charge on any atom is -0.369 e. The van der Waals surface area contributed by atoms with Gasteiger partial charge in [-0.1, -0.05) is 6.92 Å². The lowest BCUT2D eigenvalue weighted by molar-refractivity contribution is -0.141. The Labute approximate surface area is 184 Å². The maximum Gasteiger partial charge on any atom is 0.235 e. The van der Waals surface area contributed by atoms with Crippen LogP contribution in [0, 0.1) is 5.41 Å². The predicted octanol–water partition coefficient (Wildman–Crippen LogP) is 1.12. The zero-order chi connectivity index (χ0) is 21.3. The van der Waals surface area contributed by atoms with Crippen molar-refractivity contribution in [2.75, 3.05) is 11.5 Å². The fraction of sp³-hybridized carbons (Fsp3) is 0.562. The van der Waals surface area contributed by atoms with Gasteiger partial charge in [0.15, 0.2) is 9.84 Å². The van der Waals surface area contributed by atoms with E-state index in [1.165, 1.54) is 18.3 Å². The first-order valence-electron chi connectivity index (χ1n) is 8.42. The van der Waals surface area contributed by atoms with E-state index in [0.29, 0.717) is 0 Å². The molecule has 1 aliphatic heterocycles. The summed E-state index contributed by atoms with van der Waals surface area (Å²) >= 11 is 8.15. The van der Waals surface area contributed by atoms with Gasteiger partial charge in [-0.05, 0) is 56.8 Å². The highest BCUT2D eigenvalue weighted by Crippen LogP contribution is 2.32. The lowest BCUT2D eigenvalue weighted by Gasteiger charge is -2.27. The Morgan fingerprint density at radius 3 is 2.29 bits per heavy atom. The Kier molecular flexibility index (Phi) is 7.32. The molecule has 8 nitrogen and oxygen atoms in total. The summed E-state index contributed by atoms with van der Waals surface area (Å²) in [6.45, 7) is 3.06. The molecule has 3 atom stereocenters. The third-order valence-electron chi connectivity index (χ3n) is 4.85. The second kappa shape index (κ2) is 8.80. The van der Waals surface area contributed by atoms with Crippen molar-refractivity contribution in [2.45, 2.75) is 38.8 Å². The Bertz CT molecular complexity index is 902. The van der Waals surface area contributed by atoms with Gasteiger partial charge in [-0.3, -0.25) is 14.4 Å². The number of carbonyl (C=O) groups excluding carboxylic acids is 3. The van der Waals surface area contributed by atoms with Crippen LogP contribution in [0.15, 0.2) is 13.6 Å². The Morgan fingerprint density at radius 1 is 1.25 bits per heavy atom. The molecule has 4 N–H and O–H groups in total. The molecule has 1 aliphatic rings. The van der Waals surface area contributed by atoms with Crippen molar-refractivity contribution in [1.82, 2.24) is 10.6 Å². The molecule has 3 amide bonds. The smallest absolute Gasteiger partial charge is 0.235 e. The van der Waals surface area contributed by atoms with Crippen molar-refractivity contribution in [2.24, 2.45) is 11.1 Å². The number of amides is 3. The van der Waals surface area contributed by atoms with E-state index in [0.717, 1.165) is 13.1 Å². The number of nitrogens with two attached hydrogens (primary N) is 1. The minimum absolute atomic E-state index is 0.0634. The van der Waals surface area contributed by atoms with E-state index in [1.54, 1.807) is 13.0 Å². The summed E-state index contributed by atoms with van der Waals surface area (Å²) in [5, 5.41) is 5.29. The lowest BCUT2D eigenvalue weighted by atomic mass is 9.85. The summed E-state index contributed by atoms with van der Waals surface area (Å²) in [5.41, 5.74) is 4.65. The van der Waals surface area contributed by atoms with Gasteiger partial charge in [0.1, 0.15) is 5.41 Å². The molecule has 1 aromatic rings. The highest BCUT2D eigenvalue weighted by atomic mass is 79.9. The second-order valence-corrected chi connectivity index (χ2v) is 12.8. The number of halogens is 2. The Morgan fingerprint density at radius 2 is 1.82 bits per heavy atom. The average molecular weight is 559 g/mol. The van der Waals surface area contributed by atoms with E-state index in [-0.39, 0.29) is 30.3 Å². The van der Waals surface area contributed by atoms with E-state index in [2.05, 4.69) is 42.5 Å². The fourth-order valence-electron chi connectivity index (χ4n) is 2.83. The molecule has 3 unspecified atom stereocenters. The van der Waals surface area contributed by atoms with Crippen LogP contribution in [0.4, 0.5) is 0 Å². The summed E-state index contributed by atoms with van der Waals surface area (Å²) in [4.78, 5) is 36.6. The second-order valence-electron chi connectivity index (χ2n) is 6.91. The maximum absolute atomic E-state index is 12.5. The van der Waals surface area contributed by atoms with Crippen LogP contribution in [0.5, 0.6) is 0 Å². The van der Waals surface area contributed by atoms with E-state index in [9.17, 15) is 22.8 Å². The first-order chi connectivity index (χ1) is 12.9. The van der Waals surface area contributed by atoms with Crippen LogP contribution in [0.1, 0.15) is 25.8 Å². The number of rotatable bonds is 7. The van der Waals surface area contributed by atoms with Crippen LogP contribution < -0.4 is 16.4 Å². The Hall–Kier alpha value is -0.980. The van der Waals surface area contributed by atoms with Crippen LogP contribution >= 0.6 is 43.2 Å². The first-order valence-corrected chi connectivity index (χ1v) is 12.6.